The Hall–Kier alpha value is -7.93. The van der Waals surface area contributed by atoms with E-state index >= 15 is 0 Å². The summed E-state index contributed by atoms with van der Waals surface area (Å²) in [7, 11) is -19.3. The van der Waals surface area contributed by atoms with Crippen molar-refractivity contribution in [3.63, 3.8) is 0 Å². The summed E-state index contributed by atoms with van der Waals surface area (Å²) in [5, 5.41) is 50.6. The summed E-state index contributed by atoms with van der Waals surface area (Å²) < 4.78 is 90.2. The summed E-state index contributed by atoms with van der Waals surface area (Å²) in [6.45, 7) is 12.6. The smallest absolute Gasteiger partial charge is 0.481 e. The number of aliphatic carboxylic acids is 3. The number of hydrogen-bond acceptors (Lipinski definition) is 24. The summed E-state index contributed by atoms with van der Waals surface area (Å²) >= 11 is 0. The van der Waals surface area contributed by atoms with Gasteiger partial charge in [-0.2, -0.15) is 26.6 Å². The van der Waals surface area contributed by atoms with Crippen molar-refractivity contribution >= 4 is 126 Å². The number of carbonyl (C=O) groups excluding carboxylic acids is 5. The Morgan fingerprint density at radius 2 is 1.45 bits per heavy atom. The molecule has 43 heteroatoms. The van der Waals surface area contributed by atoms with Gasteiger partial charge >= 0.3 is 47.1 Å². The average molecular weight is 1640 g/mol. The maximum absolute atomic E-state index is 13.8. The number of amides is 5. The molecule has 3 aromatic rings. The van der Waals surface area contributed by atoms with Gasteiger partial charge in [-0.3, -0.25) is 47.2 Å². The lowest BCUT2D eigenvalue weighted by atomic mass is 9.81. The number of allylic oxidation sites excluding steroid dienone is 6. The number of nitrogen functional groups attached to an aromatic ring is 1. The number of nitrogens with zero attached hydrogens (tertiary/aromatic N) is 4. The second-order valence-electron chi connectivity index (χ2n) is 26.2. The minimum Gasteiger partial charge on any atom is -0.481 e. The molecule has 1 saturated heterocycles. The van der Waals surface area contributed by atoms with E-state index in [4.69, 9.17) is 25.4 Å². The van der Waals surface area contributed by atoms with Crippen LogP contribution in [0.15, 0.2) is 88.4 Å². The highest BCUT2D eigenvalue weighted by atomic mass is 33.1. The Morgan fingerprint density at radius 1 is 0.789 bits per heavy atom. The lowest BCUT2D eigenvalue weighted by Gasteiger charge is -2.27. The van der Waals surface area contributed by atoms with Gasteiger partial charge in [0.15, 0.2) is 5.71 Å². The number of anilines is 2. The predicted molar refractivity (Wildman–Crippen MR) is 397 cm³/mol. The van der Waals surface area contributed by atoms with Crippen molar-refractivity contribution in [3.05, 3.63) is 111 Å². The van der Waals surface area contributed by atoms with E-state index in [1.54, 1.807) is 6.07 Å². The molecule has 2 aromatic carbocycles. The number of fused-ring (bicyclic) bond motifs is 2. The molecule has 0 aliphatic carbocycles. The van der Waals surface area contributed by atoms with Crippen LogP contribution in [0.4, 0.5) is 17.2 Å². The minimum atomic E-state index is -5.85. The predicted octanol–water partition coefficient (Wildman–Crippen LogP) is 4.23. The zero-order valence-corrected chi connectivity index (χ0v) is 65.3. The van der Waals surface area contributed by atoms with E-state index in [2.05, 4.69) is 113 Å². The van der Waals surface area contributed by atoms with E-state index in [1.807, 2.05) is 43.5 Å². The van der Waals surface area contributed by atoms with Crippen LogP contribution < -0.4 is 42.9 Å². The first-order chi connectivity index (χ1) is 50.9. The first-order valence-corrected chi connectivity index (χ1v) is 42.4. The van der Waals surface area contributed by atoms with Crippen LogP contribution in [0.3, 0.4) is 0 Å². The number of carbonyl (C=O) groups is 8. The molecule has 1 fully saturated rings. The van der Waals surface area contributed by atoms with Crippen LogP contribution in [0, 0.1) is 18.8 Å². The Morgan fingerprint density at radius 3 is 2.09 bits per heavy atom. The van der Waals surface area contributed by atoms with Gasteiger partial charge in [-0.15, -0.1) is 0 Å². The molecule has 0 radical (unpaired) electrons. The number of ether oxygens (including phenoxy) is 1. The van der Waals surface area contributed by atoms with Gasteiger partial charge in [0, 0.05) is 91.0 Å². The first kappa shape index (κ1) is 90.0. The number of carboxylic acid groups (broad SMARTS) is 3. The van der Waals surface area contributed by atoms with E-state index in [1.165, 1.54) is 50.5 Å². The zero-order chi connectivity index (χ0) is 81.0. The zero-order valence-electron chi connectivity index (χ0n) is 60.1. The summed E-state index contributed by atoms with van der Waals surface area (Å²) in [5.41, 5.74) is 11.0. The van der Waals surface area contributed by atoms with Gasteiger partial charge in [0.2, 0.25) is 35.2 Å². The number of carboxylic acids is 3. The van der Waals surface area contributed by atoms with Crippen molar-refractivity contribution in [1.29, 1.82) is 0 Å². The maximum Gasteiger partial charge on any atom is 0.490 e. The molecule has 109 heavy (non-hydrogen) atoms. The third-order valence-corrected chi connectivity index (χ3v) is 24.3. The van der Waals surface area contributed by atoms with Crippen molar-refractivity contribution in [2.24, 2.45) is 0 Å². The van der Waals surface area contributed by atoms with Crippen LogP contribution in [-0.4, -0.2) is 195 Å². The number of unbranched alkanes of at least 4 members (excludes halogenated alkanes) is 4. The van der Waals surface area contributed by atoms with Crippen molar-refractivity contribution in [2.45, 2.75) is 171 Å². The van der Waals surface area contributed by atoms with Gasteiger partial charge in [0.1, 0.15) is 42.8 Å². The van der Waals surface area contributed by atoms with Crippen molar-refractivity contribution in [2.75, 3.05) is 54.9 Å². The van der Waals surface area contributed by atoms with Crippen LogP contribution >= 0.6 is 45.1 Å². The van der Waals surface area contributed by atoms with Crippen LogP contribution in [0.1, 0.15) is 140 Å². The monoisotopic (exact) mass is 1640 g/mol. The molecule has 6 unspecified atom stereocenters. The number of phosphoric ester groups is 1. The third kappa shape index (κ3) is 27.2. The Labute approximate surface area is 634 Å². The summed E-state index contributed by atoms with van der Waals surface area (Å²) in [6, 6.07) is 6.24. The number of aliphatic hydroxyl groups is 1. The topological polar surface area (TPSA) is 568 Å². The third-order valence-electron chi connectivity index (χ3n) is 17.2. The highest BCUT2D eigenvalue weighted by Crippen LogP contribution is 2.66. The molecule has 3 aliphatic rings. The van der Waals surface area contributed by atoms with Gasteiger partial charge < -0.3 is 82.0 Å². The number of benzene rings is 2. The molecule has 3 aliphatic heterocycles. The molecule has 4 heterocycles. The molecule has 37 nitrogen and oxygen atoms in total. The maximum atomic E-state index is 13.8. The highest BCUT2D eigenvalue weighted by molar-refractivity contribution is 8.76. The fourth-order valence-electron chi connectivity index (χ4n) is 11.9. The van der Waals surface area contributed by atoms with Crippen LogP contribution in [-0.2, 0) is 90.9 Å². The fourth-order valence-corrected chi connectivity index (χ4v) is 17.6. The summed E-state index contributed by atoms with van der Waals surface area (Å²) in [5.74, 6) is -2.98. The van der Waals surface area contributed by atoms with E-state index in [0.29, 0.717) is 44.2 Å². The van der Waals surface area contributed by atoms with Gasteiger partial charge in [-0.05, 0) is 89.3 Å². The molecule has 1 aromatic heterocycles. The number of aliphatic hydroxyl groups excluding tert-OH is 1. The molecule has 5 amide bonds. The molecule has 16 N–H and O–H groups in total. The van der Waals surface area contributed by atoms with Crippen molar-refractivity contribution < 1.29 is 127 Å². The normalized spacial score (nSPS) is 18.9. The molecular weight excluding hydrogens is 1550 g/mol. The standard InChI is InChI=1S/C66H89N10O27P3S3/c1-7-74-48-25-23-40(2)32-43(48)65(3,4)52(74)19-11-8-12-20-53-66(5,6)44-33-42(109(97,98)99)24-26-49(44)75(53)30-16-10-14-22-56(80)71-47(61(85)69-28-15-9-13-21-55(79)70-45(34-58(81)82)62(86)72-46(63(87)88)35-59(83)84)39-108-107-31-27-54(78)68-29-17-18-41-37-76(64(89)73-60(41)67)57-36-50(77)51(101-57)38-100-105(93,94)103-106(95,96)102-104(90,91)92/h8,11-12,19-20,23-26,32-33,37,45-47,50-51,57,77H,7,9-10,13-16,21-22,27-31,34-36,38-39H2,1-6H3,(H14-,67,68,69,70,71,72,73,78,79,80,81,82,83,84,85,86,87,88,89,90,91,92,93,94,95,96,97,98,99)/p+1/t45?,46?,47?,50?,51-,57-/m1/s1. The fraction of sp³-hybridized carbons (Fsp3) is 0.500. The van der Waals surface area contributed by atoms with Gasteiger partial charge in [-0.25, -0.2) is 23.3 Å². The average Bonchev–Trinajstić information content (AvgIpc) is 1.59. The molecule has 8 atom stereocenters. The Balaban J connectivity index is 1.04. The number of nitrogens with two attached hydrogens (primary N) is 1. The molecule has 0 spiro atoms. The highest BCUT2D eigenvalue weighted by Gasteiger charge is 2.46. The number of aromatic nitrogens is 2. The Kier molecular flexibility index (Phi) is 32.9. The SMILES string of the molecule is CC[N+]1=C(/C=C/C=C/C=C2/N(CCCCCC(=O)NC(CSSCCC(=O)NCC#Cc3cn([C@H]4CC(O)[C@@H](COP(=O)(O)OP(=O)(O)OP(=O)(O)O)O4)c(=O)nc3N)C(=O)NCCCCCC(=O)NC(CC(=O)O)C(=O)NC(CC(=O)O)C(=O)O)c3ccc(S(=O)(=O)O)cc3C2(C)C)C(C)(C)c2cc(C)ccc21. The number of phosphoric acid groups is 3. The van der Waals surface area contributed by atoms with Crippen molar-refractivity contribution in [3.8, 4) is 11.8 Å². The van der Waals surface area contributed by atoms with Gasteiger partial charge in [-0.1, -0.05) is 90.0 Å². The molecular formula is C66H90N10O27P3S3+. The Bertz CT molecular complexity index is 4440. The summed E-state index contributed by atoms with van der Waals surface area (Å²) in [4.78, 5) is 155. The quantitative estimate of drug-likeness (QED) is 0.00717. The van der Waals surface area contributed by atoms with Gasteiger partial charge in [0.05, 0.1) is 48.0 Å². The van der Waals surface area contributed by atoms with Crippen LogP contribution in [0.5, 0.6) is 0 Å². The van der Waals surface area contributed by atoms with Crippen LogP contribution in [0.25, 0.3) is 0 Å². The van der Waals surface area contributed by atoms with E-state index < -0.39 is 148 Å². The van der Waals surface area contributed by atoms with E-state index in [-0.39, 0.29) is 78.4 Å². The van der Waals surface area contributed by atoms with E-state index in [0.717, 1.165) is 34.4 Å². The number of rotatable bonds is 42. The lowest BCUT2D eigenvalue weighted by molar-refractivity contribution is -0.433. The van der Waals surface area contributed by atoms with Gasteiger partial charge in [0.25, 0.3) is 10.1 Å². The molecule has 6 rings (SSSR count). The number of hydrogen-bond donors (Lipinski definition) is 15. The van der Waals surface area contributed by atoms with Crippen LogP contribution in [0.2, 0.25) is 0 Å². The molecule has 0 saturated carbocycles. The molecule has 598 valence electrons. The van der Waals surface area contributed by atoms with Crippen molar-refractivity contribution in [1.82, 2.24) is 36.1 Å². The number of nitrogens with one attached hydrogen (secondary N) is 5. The minimum absolute atomic E-state index is 0.0158. The second kappa shape index (κ2) is 39.8. The summed E-state index contributed by atoms with van der Waals surface area (Å²) in [6.07, 6.45) is 6.55. The second-order valence-corrected chi connectivity index (χ2v) is 34.7. The van der Waals surface area contributed by atoms with E-state index in [9.17, 15) is 94.9 Å². The largest absolute Gasteiger partial charge is 0.490 e. The number of aryl methyl sites for hydroxylation is 1. The lowest BCUT2D eigenvalue weighted by Crippen LogP contribution is -2.52. The first-order valence-electron chi connectivity index (χ1n) is 34.0. The molecule has 0 bridgehead atoms.